The number of carbonyl (C=O) groups excluding carboxylic acids is 8. The summed E-state index contributed by atoms with van der Waals surface area (Å²) in [5.41, 5.74) is -6.03. The first-order valence-electron chi connectivity index (χ1n) is 30.1. The molecule has 2 rings (SSSR count). The molecule has 0 radical (unpaired) electrons. The first kappa shape index (κ1) is 98.2. The number of carboxylic acid groups (broad SMARTS) is 1. The molecule has 1 aromatic carbocycles. The van der Waals surface area contributed by atoms with Gasteiger partial charge in [-0.1, -0.05) is 30.3 Å². The van der Waals surface area contributed by atoms with Gasteiger partial charge in [0.1, 0.15) is 17.8 Å². The molecule has 93 heavy (non-hydrogen) atoms. The number of hydrogen-bond acceptors (Lipinski definition) is 25. The third-order valence-corrected chi connectivity index (χ3v) is 12.4. The van der Waals surface area contributed by atoms with Crippen LogP contribution in [-0.2, 0) is 126 Å². The van der Waals surface area contributed by atoms with E-state index < -0.39 is 68.5 Å². The molecule has 1 unspecified atom stereocenters. The Morgan fingerprint density at radius 3 is 1.06 bits per heavy atom. The molecule has 1 N–H and O–H groups in total. The minimum absolute atomic E-state index is 0.0445. The van der Waals surface area contributed by atoms with E-state index in [1.165, 1.54) is 97.8 Å². The van der Waals surface area contributed by atoms with Crippen LogP contribution in [0.1, 0.15) is 190 Å². The Kier molecular flexibility index (Phi) is 49.7. The third kappa shape index (κ3) is 51.2. The average Bonchev–Trinajstić information content (AvgIpc) is 3.36. The molecule has 0 aromatic heterocycles. The quantitative estimate of drug-likeness (QED) is 0.0702. The molecule has 0 aliphatic heterocycles. The van der Waals surface area contributed by atoms with Gasteiger partial charge in [0, 0.05) is 56.9 Å². The summed E-state index contributed by atoms with van der Waals surface area (Å²) in [5.74, 6) is -3.08. The maximum Gasteiger partial charge on any atom is 0.338 e. The monoisotopic (exact) mass is 1340 g/mol. The Morgan fingerprint density at radius 2 is 0.774 bits per heavy atom. The molecule has 26 nitrogen and oxygen atoms in total. The van der Waals surface area contributed by atoms with Gasteiger partial charge in [-0.3, -0.25) is 9.59 Å². The van der Waals surface area contributed by atoms with Crippen molar-refractivity contribution in [2.24, 2.45) is 5.92 Å². The van der Waals surface area contributed by atoms with Crippen molar-refractivity contribution in [3.05, 3.63) is 35.9 Å². The number of esters is 8. The molecule has 0 bridgehead atoms. The highest BCUT2D eigenvalue weighted by atomic mass is 16.6. The highest BCUT2D eigenvalue weighted by Crippen LogP contribution is 2.29. The van der Waals surface area contributed by atoms with Gasteiger partial charge < -0.3 is 80.9 Å². The van der Waals surface area contributed by atoms with E-state index in [4.69, 9.17) is 66.7 Å². The fourth-order valence-electron chi connectivity index (χ4n) is 4.52. The summed E-state index contributed by atoms with van der Waals surface area (Å²) in [7, 11) is 14.4. The van der Waals surface area contributed by atoms with Gasteiger partial charge in [0.25, 0.3) is 0 Å². The zero-order valence-electron chi connectivity index (χ0n) is 62.7. The molecule has 1 aromatic rings. The van der Waals surface area contributed by atoms with Crippen molar-refractivity contribution >= 4 is 53.7 Å². The summed E-state index contributed by atoms with van der Waals surface area (Å²) < 4.78 is 78.2. The van der Waals surface area contributed by atoms with E-state index >= 15 is 0 Å². The van der Waals surface area contributed by atoms with E-state index in [0.29, 0.717) is 19.1 Å². The first-order chi connectivity index (χ1) is 42.1. The van der Waals surface area contributed by atoms with Gasteiger partial charge in [-0.05, 0) is 184 Å². The number of ether oxygens (including phenoxy) is 16. The van der Waals surface area contributed by atoms with Crippen molar-refractivity contribution in [3.63, 3.8) is 0 Å². The van der Waals surface area contributed by atoms with Crippen LogP contribution < -0.4 is 0 Å². The van der Waals surface area contributed by atoms with Crippen LogP contribution in [0.2, 0.25) is 0 Å². The van der Waals surface area contributed by atoms with Crippen molar-refractivity contribution in [3.8, 4) is 0 Å². The lowest BCUT2D eigenvalue weighted by Crippen LogP contribution is -2.40. The average molecular weight is 1340 g/mol. The van der Waals surface area contributed by atoms with Gasteiger partial charge in [0.2, 0.25) is 0 Å². The van der Waals surface area contributed by atoms with Gasteiger partial charge in [-0.25, -0.2) is 33.6 Å². The number of aliphatic carboxylic acids is 1. The van der Waals surface area contributed by atoms with Gasteiger partial charge in [-0.15, -0.1) is 0 Å². The van der Waals surface area contributed by atoms with Gasteiger partial charge in [-0.2, -0.15) is 0 Å². The number of rotatable bonds is 25. The van der Waals surface area contributed by atoms with E-state index in [1.807, 2.05) is 65.0 Å². The normalized spacial score (nSPS) is 12.6. The van der Waals surface area contributed by atoms with Crippen molar-refractivity contribution in [1.82, 2.24) is 0 Å². The van der Waals surface area contributed by atoms with Crippen LogP contribution in [0.4, 0.5) is 0 Å². The fourth-order valence-corrected chi connectivity index (χ4v) is 4.52. The van der Waals surface area contributed by atoms with E-state index in [0.717, 1.165) is 5.56 Å². The molecule has 1 saturated carbocycles. The molecular formula is C67H122O26. The molecule has 1 aliphatic rings. The maximum atomic E-state index is 11.5. The lowest BCUT2D eigenvalue weighted by molar-refractivity contribution is -0.176. The van der Waals surface area contributed by atoms with Crippen LogP contribution in [-0.4, -0.2) is 206 Å². The molecule has 546 valence electrons. The first-order valence-corrected chi connectivity index (χ1v) is 30.1. The van der Waals surface area contributed by atoms with E-state index in [2.05, 4.69) is 14.2 Å². The molecule has 1 atom stereocenters. The van der Waals surface area contributed by atoms with E-state index in [1.54, 1.807) is 111 Å². The lowest BCUT2D eigenvalue weighted by Gasteiger charge is -2.27. The Balaban J connectivity index is -0.000000235. The van der Waals surface area contributed by atoms with Crippen LogP contribution >= 0.6 is 0 Å². The minimum Gasteiger partial charge on any atom is -0.479 e. The van der Waals surface area contributed by atoms with Gasteiger partial charge in [0.15, 0.2) is 39.2 Å². The molecular weight excluding hydrogens is 1220 g/mol. The summed E-state index contributed by atoms with van der Waals surface area (Å²) >= 11 is 0. The van der Waals surface area contributed by atoms with Crippen molar-refractivity contribution in [2.45, 2.75) is 254 Å². The zero-order valence-corrected chi connectivity index (χ0v) is 62.7. The molecule has 0 heterocycles. The second-order valence-corrected chi connectivity index (χ2v) is 26.0. The fraction of sp³-hybridized carbons (Fsp3) is 0.776. The smallest absolute Gasteiger partial charge is 0.338 e. The van der Waals surface area contributed by atoms with Gasteiger partial charge in [0.05, 0.1) is 52.5 Å². The summed E-state index contributed by atoms with van der Waals surface area (Å²) in [6.07, 6.45) is 1.90. The standard InChI is InChI=1S/C12H16O3.C11H20O5.C9H16O3.C9H18O3.C8H16O3.C7H14O3.C6H12O3.C5H10O3/c1-12(2,14-3)11(13)15-9-10-7-5-4-6-8-10;1-11(2,3)16-10(13)7-8(14-4)6-9(12)15-5;1-9(2,11-3)8(10)12-6-7-4-5-7;1-8(2,3)12-7(10)9(4,5)11-6;1-6(2)11-7(9)8(3,4)10-5;1-5-10-6(8)7(2,3)9-4;1-6(2,9-4)5(7)8-3;1-5(2,8-3)4(6)7/h4-8H,9H2,1-3H3;8H,6-7H2,1-5H3;7H,4-6H2,1-3H3;1-6H3;6H,1-5H3;5H2,1-4H3;1-4H3;1-3H3,(H,6,7). The second-order valence-electron chi connectivity index (χ2n) is 26.0. The number of benzene rings is 1. The molecule has 26 heteroatoms. The predicted molar refractivity (Wildman–Crippen MR) is 349 cm³/mol. The zero-order chi connectivity index (χ0) is 74.8. The number of carboxylic acids is 1. The van der Waals surface area contributed by atoms with Crippen LogP contribution in [0.15, 0.2) is 30.3 Å². The summed E-state index contributed by atoms with van der Waals surface area (Å²) in [5, 5.41) is 8.32. The third-order valence-electron chi connectivity index (χ3n) is 12.4. The number of carbonyl (C=O) groups is 9. The van der Waals surface area contributed by atoms with Crippen LogP contribution in [0.25, 0.3) is 0 Å². The Hall–Kier alpha value is -5.87. The summed E-state index contributed by atoms with van der Waals surface area (Å²) in [6, 6.07) is 9.56. The highest BCUT2D eigenvalue weighted by molar-refractivity contribution is 5.81. The summed E-state index contributed by atoms with van der Waals surface area (Å²) in [4.78, 5) is 99.6. The topological polar surface area (TPSA) is 322 Å². The van der Waals surface area contributed by atoms with Crippen LogP contribution in [0, 0.1) is 5.92 Å². The largest absolute Gasteiger partial charge is 0.479 e. The van der Waals surface area contributed by atoms with Crippen molar-refractivity contribution in [2.75, 3.05) is 84.3 Å². The molecule has 1 fully saturated rings. The number of methoxy groups -OCH3 is 10. The highest BCUT2D eigenvalue weighted by Gasteiger charge is 2.35. The lowest BCUT2D eigenvalue weighted by atomic mass is 10.1. The molecule has 0 amide bonds. The SMILES string of the molecule is CCOC(=O)C(C)(C)OC.COC(=O)C(C)(C)OC.COC(=O)CC(CC(=O)OC(C)(C)C)OC.COC(C)(C)C(=O)O.COC(C)(C)C(=O)OC(C)(C)C.COC(C)(C)C(=O)OC(C)C.COC(C)(C)C(=O)OCC1CC1.COC(C)(C)C(=O)OCc1ccccc1. The molecule has 0 spiro atoms. The van der Waals surface area contributed by atoms with Crippen molar-refractivity contribution in [1.29, 1.82) is 0 Å². The van der Waals surface area contributed by atoms with Crippen LogP contribution in [0.5, 0.6) is 0 Å². The Morgan fingerprint density at radius 1 is 0.430 bits per heavy atom. The molecule has 0 saturated heterocycles. The predicted octanol–water partition coefficient (Wildman–Crippen LogP) is 9.99. The van der Waals surface area contributed by atoms with E-state index in [-0.39, 0.29) is 67.3 Å². The minimum atomic E-state index is -1.04. The summed E-state index contributed by atoms with van der Waals surface area (Å²) in [6.45, 7) is 40.6. The van der Waals surface area contributed by atoms with Gasteiger partial charge >= 0.3 is 53.7 Å². The maximum absolute atomic E-state index is 11.5. The Labute approximate surface area is 556 Å². The second kappa shape index (κ2) is 47.1. The Bertz CT molecular complexity index is 2280. The van der Waals surface area contributed by atoms with E-state index in [9.17, 15) is 43.2 Å². The molecule has 1 aliphatic carbocycles. The van der Waals surface area contributed by atoms with Crippen LogP contribution in [0.3, 0.4) is 0 Å². The number of hydrogen-bond donors (Lipinski definition) is 1. The van der Waals surface area contributed by atoms with Crippen molar-refractivity contribution < 1.29 is 124 Å².